The van der Waals surface area contributed by atoms with E-state index in [9.17, 15) is 10.1 Å². The predicted octanol–water partition coefficient (Wildman–Crippen LogP) is 1.21. The van der Waals surface area contributed by atoms with Crippen molar-refractivity contribution in [2.24, 2.45) is 16.1 Å². The molecule has 7 nitrogen and oxygen atoms in total. The molecule has 0 amide bonds. The van der Waals surface area contributed by atoms with Gasteiger partial charge in [-0.05, 0) is 13.8 Å². The van der Waals surface area contributed by atoms with Crippen LogP contribution in [0.2, 0.25) is 0 Å². The Morgan fingerprint density at radius 1 is 1.44 bits per heavy atom. The Morgan fingerprint density at radius 2 is 2.12 bits per heavy atom. The molecular weight excluding hydrogens is 214 g/mol. The second-order valence-electron chi connectivity index (χ2n) is 4.75. The Kier molecular flexibility index (Phi) is 2.47. The molecule has 0 aromatic carbocycles. The van der Waals surface area contributed by atoms with Gasteiger partial charge in [0.25, 0.3) is 0 Å². The molecule has 2 aliphatic rings. The Hall–Kier alpha value is -1.08. The van der Waals surface area contributed by atoms with Crippen molar-refractivity contribution in [3.05, 3.63) is 10.1 Å². The zero-order chi connectivity index (χ0) is 12.0. The third kappa shape index (κ3) is 1.69. The summed E-state index contributed by atoms with van der Waals surface area (Å²) in [7, 11) is 0. The molecule has 2 rings (SSSR count). The Bertz CT molecular complexity index is 344. The van der Waals surface area contributed by atoms with Crippen LogP contribution in [0.4, 0.5) is 0 Å². The van der Waals surface area contributed by atoms with Gasteiger partial charge in [-0.1, -0.05) is 0 Å². The molecule has 0 radical (unpaired) electrons. The first kappa shape index (κ1) is 11.4. The van der Waals surface area contributed by atoms with Gasteiger partial charge in [-0.25, -0.2) is 0 Å². The van der Waals surface area contributed by atoms with Gasteiger partial charge in [0.15, 0.2) is 5.79 Å². The van der Waals surface area contributed by atoms with E-state index in [2.05, 4.69) is 10.2 Å². The van der Waals surface area contributed by atoms with Crippen LogP contribution in [0.5, 0.6) is 0 Å². The second kappa shape index (κ2) is 3.46. The monoisotopic (exact) mass is 229 g/mol. The second-order valence-corrected chi connectivity index (χ2v) is 4.75. The van der Waals surface area contributed by atoms with Gasteiger partial charge in [-0.3, -0.25) is 10.1 Å². The summed E-state index contributed by atoms with van der Waals surface area (Å²) < 4.78 is 11.0. The highest BCUT2D eigenvalue weighted by Crippen LogP contribution is 2.37. The Balaban J connectivity index is 2.15. The lowest BCUT2D eigenvalue weighted by Crippen LogP contribution is -2.46. The molecule has 16 heavy (non-hydrogen) atoms. The van der Waals surface area contributed by atoms with Crippen molar-refractivity contribution in [3.63, 3.8) is 0 Å². The van der Waals surface area contributed by atoms with E-state index in [0.29, 0.717) is 13.2 Å². The van der Waals surface area contributed by atoms with E-state index in [1.165, 1.54) is 6.92 Å². The van der Waals surface area contributed by atoms with Crippen molar-refractivity contribution in [2.45, 2.75) is 38.3 Å². The van der Waals surface area contributed by atoms with Gasteiger partial charge < -0.3 is 9.47 Å². The van der Waals surface area contributed by atoms with Gasteiger partial charge in [-0.15, -0.1) is 5.11 Å². The van der Waals surface area contributed by atoms with Gasteiger partial charge in [0.2, 0.25) is 0 Å². The van der Waals surface area contributed by atoms with Crippen molar-refractivity contribution in [1.82, 2.24) is 0 Å². The standard InChI is InChI=1S/C9H15N3O4/c1-8(2)15-5-7(16-8)6-4-10-11-9(6,3)12(13)14/h6-7H,4-5H2,1-3H3/t6-,7-,9-/m1/s1. The number of hydrogen-bond acceptors (Lipinski definition) is 6. The smallest absolute Gasteiger partial charge is 0.333 e. The van der Waals surface area contributed by atoms with Gasteiger partial charge in [0.05, 0.1) is 24.2 Å². The van der Waals surface area contributed by atoms with Crippen LogP contribution in [0.1, 0.15) is 20.8 Å². The molecular formula is C9H15N3O4. The maximum atomic E-state index is 11.0. The normalized spacial score (nSPS) is 41.4. The van der Waals surface area contributed by atoms with Gasteiger partial charge in [0.1, 0.15) is 5.92 Å². The quantitative estimate of drug-likeness (QED) is 0.526. The molecule has 0 aromatic heterocycles. The summed E-state index contributed by atoms with van der Waals surface area (Å²) in [5, 5.41) is 18.5. The minimum atomic E-state index is -1.38. The lowest BCUT2D eigenvalue weighted by Gasteiger charge is -2.24. The molecule has 0 spiro atoms. The molecule has 1 saturated heterocycles. The van der Waals surface area contributed by atoms with Crippen LogP contribution < -0.4 is 0 Å². The fraction of sp³-hybridized carbons (Fsp3) is 1.00. The average molecular weight is 229 g/mol. The topological polar surface area (TPSA) is 86.3 Å². The maximum absolute atomic E-state index is 11.0. The van der Waals surface area contributed by atoms with Crippen LogP contribution in [-0.2, 0) is 9.47 Å². The fourth-order valence-electron chi connectivity index (χ4n) is 2.07. The molecule has 90 valence electrons. The van der Waals surface area contributed by atoms with Gasteiger partial charge in [-0.2, -0.15) is 5.11 Å². The number of rotatable bonds is 2. The molecule has 1 fully saturated rings. The van der Waals surface area contributed by atoms with Gasteiger partial charge in [0, 0.05) is 6.92 Å². The van der Waals surface area contributed by atoms with Crippen LogP contribution in [0.25, 0.3) is 0 Å². The molecule has 2 heterocycles. The minimum Gasteiger partial charge on any atom is -0.348 e. The highest BCUT2D eigenvalue weighted by atomic mass is 16.7. The molecule has 0 saturated carbocycles. The molecule has 7 heteroatoms. The molecule has 0 unspecified atom stereocenters. The molecule has 0 aliphatic carbocycles. The first-order chi connectivity index (χ1) is 7.35. The van der Waals surface area contributed by atoms with E-state index in [0.717, 1.165) is 0 Å². The van der Waals surface area contributed by atoms with Crippen LogP contribution in [0, 0.1) is 16.0 Å². The molecule has 2 aliphatic heterocycles. The van der Waals surface area contributed by atoms with Crippen molar-refractivity contribution in [2.75, 3.05) is 13.2 Å². The number of nitrogens with zero attached hydrogens (tertiary/aromatic N) is 3. The van der Waals surface area contributed by atoms with Crippen molar-refractivity contribution < 1.29 is 14.4 Å². The summed E-state index contributed by atoms with van der Waals surface area (Å²) in [6.07, 6.45) is -0.319. The summed E-state index contributed by atoms with van der Waals surface area (Å²) in [5.74, 6) is -1.03. The van der Waals surface area contributed by atoms with Crippen LogP contribution in [0.15, 0.2) is 10.2 Å². The van der Waals surface area contributed by atoms with Crippen LogP contribution >= 0.6 is 0 Å². The van der Waals surface area contributed by atoms with E-state index in [1.54, 1.807) is 13.8 Å². The van der Waals surface area contributed by atoms with Crippen molar-refractivity contribution >= 4 is 0 Å². The fourth-order valence-corrected chi connectivity index (χ4v) is 2.07. The zero-order valence-corrected chi connectivity index (χ0v) is 9.54. The zero-order valence-electron chi connectivity index (χ0n) is 9.54. The van der Waals surface area contributed by atoms with Crippen LogP contribution in [0.3, 0.4) is 0 Å². The molecule has 0 bridgehead atoms. The van der Waals surface area contributed by atoms with E-state index in [-0.39, 0.29) is 12.0 Å². The van der Waals surface area contributed by atoms with Gasteiger partial charge >= 0.3 is 5.66 Å². The summed E-state index contributed by atoms with van der Waals surface area (Å²) in [4.78, 5) is 10.6. The summed E-state index contributed by atoms with van der Waals surface area (Å²) in [6.45, 7) is 5.73. The third-order valence-corrected chi connectivity index (χ3v) is 3.10. The first-order valence-electron chi connectivity index (χ1n) is 5.20. The predicted molar refractivity (Wildman–Crippen MR) is 53.5 cm³/mol. The summed E-state index contributed by atoms with van der Waals surface area (Å²) in [6, 6.07) is 0. The van der Waals surface area contributed by atoms with Crippen LogP contribution in [-0.4, -0.2) is 35.6 Å². The van der Waals surface area contributed by atoms with E-state index >= 15 is 0 Å². The largest absolute Gasteiger partial charge is 0.348 e. The summed E-state index contributed by atoms with van der Waals surface area (Å²) in [5.41, 5.74) is -1.38. The lowest BCUT2D eigenvalue weighted by molar-refractivity contribution is -0.574. The lowest BCUT2D eigenvalue weighted by atomic mass is 9.91. The molecule has 0 aromatic rings. The first-order valence-corrected chi connectivity index (χ1v) is 5.20. The molecule has 3 atom stereocenters. The number of nitro groups is 1. The number of ether oxygens (including phenoxy) is 2. The van der Waals surface area contributed by atoms with Crippen molar-refractivity contribution in [3.8, 4) is 0 Å². The Morgan fingerprint density at radius 3 is 2.62 bits per heavy atom. The van der Waals surface area contributed by atoms with Crippen molar-refractivity contribution in [1.29, 1.82) is 0 Å². The number of hydrogen-bond donors (Lipinski definition) is 0. The maximum Gasteiger partial charge on any atom is 0.333 e. The minimum absolute atomic E-state index is 0.319. The third-order valence-electron chi connectivity index (χ3n) is 3.10. The van der Waals surface area contributed by atoms with E-state index in [4.69, 9.17) is 9.47 Å². The number of azo groups is 1. The average Bonchev–Trinajstić information content (AvgIpc) is 2.70. The SMILES string of the molecule is CC1(C)OC[C@H]([C@H]2CN=N[C@]2(C)[N+](=O)[O-])O1. The highest BCUT2D eigenvalue weighted by molar-refractivity contribution is 4.93. The summed E-state index contributed by atoms with van der Waals surface area (Å²) >= 11 is 0. The van der Waals surface area contributed by atoms with E-state index < -0.39 is 16.4 Å². The highest BCUT2D eigenvalue weighted by Gasteiger charge is 2.56. The molecule has 0 N–H and O–H groups in total. The Labute approximate surface area is 93.0 Å². The van der Waals surface area contributed by atoms with E-state index in [1.807, 2.05) is 0 Å².